The lowest BCUT2D eigenvalue weighted by Gasteiger charge is -2.13. The zero-order valence-electron chi connectivity index (χ0n) is 12.4. The van der Waals surface area contributed by atoms with E-state index < -0.39 is 5.91 Å². The molecule has 0 aliphatic rings. The minimum atomic E-state index is -0.534. The molecule has 0 spiro atoms. The van der Waals surface area contributed by atoms with Gasteiger partial charge in [0.2, 0.25) is 0 Å². The molecule has 2 N–H and O–H groups in total. The van der Waals surface area contributed by atoms with Crippen LogP contribution in [0.1, 0.15) is 34.6 Å². The summed E-state index contributed by atoms with van der Waals surface area (Å²) in [5.74, 6) is -0.303. The van der Waals surface area contributed by atoms with Gasteiger partial charge in [0, 0.05) is 0 Å². The van der Waals surface area contributed by atoms with Gasteiger partial charge in [0.25, 0.3) is 5.91 Å². The normalized spacial score (nSPS) is 12.2. The van der Waals surface area contributed by atoms with Gasteiger partial charge in [-0.15, -0.1) is 0 Å². The van der Waals surface area contributed by atoms with Crippen LogP contribution in [0.4, 0.5) is 0 Å². The molecule has 1 heterocycles. The van der Waals surface area contributed by atoms with Gasteiger partial charge in [-0.2, -0.15) is 0 Å². The highest BCUT2D eigenvalue weighted by Crippen LogP contribution is 2.22. The van der Waals surface area contributed by atoms with Gasteiger partial charge in [-0.05, 0) is 30.0 Å². The third-order valence-corrected chi connectivity index (χ3v) is 3.74. The number of para-hydroxylation sites is 2. The molecule has 0 radical (unpaired) electrons. The Hall–Kier alpha value is -2.75. The largest absolute Gasteiger partial charge is 0.364 e. The number of hydrogen-bond acceptors (Lipinski definition) is 3. The fraction of sp³-hybridized carbons (Fsp3) is 0.167. The fourth-order valence-electron chi connectivity index (χ4n) is 2.57. The molecule has 1 amide bonds. The number of rotatable bonds is 4. The first-order valence-corrected chi connectivity index (χ1v) is 7.25. The van der Waals surface area contributed by atoms with Crippen LogP contribution in [0.3, 0.4) is 0 Å². The van der Waals surface area contributed by atoms with Crippen molar-refractivity contribution in [1.29, 1.82) is 0 Å². The third kappa shape index (κ3) is 2.81. The quantitative estimate of drug-likeness (QED) is 0.803. The second kappa shape index (κ2) is 5.93. The van der Waals surface area contributed by atoms with Crippen molar-refractivity contribution in [2.75, 3.05) is 0 Å². The van der Waals surface area contributed by atoms with Crippen LogP contribution in [0, 0.1) is 0 Å². The predicted octanol–water partition coefficient (Wildman–Crippen LogP) is 3.07. The maximum atomic E-state index is 11.7. The maximum absolute atomic E-state index is 11.7. The lowest BCUT2D eigenvalue weighted by molar-refractivity contribution is 0.0994. The summed E-state index contributed by atoms with van der Waals surface area (Å²) in [7, 11) is 0. The Bertz CT molecular complexity index is 815. The van der Waals surface area contributed by atoms with Crippen LogP contribution in [0.25, 0.3) is 11.0 Å². The molecule has 2 aromatic carbocycles. The van der Waals surface area contributed by atoms with Crippen molar-refractivity contribution in [1.82, 2.24) is 9.97 Å². The molecule has 0 unspecified atom stereocenters. The maximum Gasteiger partial charge on any atom is 0.269 e. The zero-order chi connectivity index (χ0) is 15.5. The smallest absolute Gasteiger partial charge is 0.269 e. The van der Waals surface area contributed by atoms with Crippen molar-refractivity contribution in [2.24, 2.45) is 5.73 Å². The number of carbonyl (C=O) groups excluding carboxylic acids is 1. The molecule has 4 heteroatoms. The molecule has 1 aromatic heterocycles. The Labute approximate surface area is 129 Å². The molecule has 0 bridgehead atoms. The Morgan fingerprint density at radius 1 is 1.00 bits per heavy atom. The summed E-state index contributed by atoms with van der Waals surface area (Å²) in [5, 5.41) is 0. The molecule has 3 aromatic rings. The van der Waals surface area contributed by atoms with Gasteiger partial charge in [-0.1, -0.05) is 49.4 Å². The summed E-state index contributed by atoms with van der Waals surface area (Å²) in [4.78, 5) is 20.7. The van der Waals surface area contributed by atoms with E-state index >= 15 is 0 Å². The Kier molecular flexibility index (Phi) is 3.83. The van der Waals surface area contributed by atoms with Crippen LogP contribution in [0.2, 0.25) is 0 Å². The van der Waals surface area contributed by atoms with Crippen LogP contribution in [-0.2, 0) is 6.42 Å². The number of amides is 1. The first-order chi connectivity index (χ1) is 10.6. The van der Waals surface area contributed by atoms with Crippen molar-refractivity contribution >= 4 is 16.9 Å². The molecule has 0 aliphatic heterocycles. The van der Waals surface area contributed by atoms with Crippen molar-refractivity contribution in [3.63, 3.8) is 0 Å². The minimum Gasteiger partial charge on any atom is -0.364 e. The summed E-state index contributed by atoms with van der Waals surface area (Å²) in [6, 6.07) is 17.6. The molecule has 22 heavy (non-hydrogen) atoms. The van der Waals surface area contributed by atoms with E-state index in [1.807, 2.05) is 42.5 Å². The van der Waals surface area contributed by atoms with Gasteiger partial charge in [-0.3, -0.25) is 4.79 Å². The van der Waals surface area contributed by atoms with E-state index in [-0.39, 0.29) is 11.6 Å². The molecule has 110 valence electrons. The molecule has 0 aliphatic carbocycles. The standard InChI is InChI=1S/C18H17N3O/c1-12(13-7-3-2-4-8-13)11-16-17(18(19)22)21-15-10-6-5-9-14(15)20-16/h2-10,12H,11H2,1H3,(H2,19,22)/t12-/m0/s1. The summed E-state index contributed by atoms with van der Waals surface area (Å²) in [5.41, 5.74) is 9.07. The second-order valence-corrected chi connectivity index (χ2v) is 5.39. The first-order valence-electron chi connectivity index (χ1n) is 7.25. The molecule has 0 saturated heterocycles. The van der Waals surface area contributed by atoms with E-state index in [0.717, 1.165) is 5.52 Å². The van der Waals surface area contributed by atoms with Crippen molar-refractivity contribution in [3.05, 3.63) is 71.5 Å². The van der Waals surface area contributed by atoms with Crippen LogP contribution in [0.5, 0.6) is 0 Å². The van der Waals surface area contributed by atoms with E-state index in [2.05, 4.69) is 29.0 Å². The van der Waals surface area contributed by atoms with Crippen molar-refractivity contribution in [2.45, 2.75) is 19.3 Å². The van der Waals surface area contributed by atoms with Crippen LogP contribution < -0.4 is 5.73 Å². The Balaban J connectivity index is 2.01. The third-order valence-electron chi connectivity index (χ3n) is 3.74. The van der Waals surface area contributed by atoms with E-state index in [1.165, 1.54) is 5.56 Å². The van der Waals surface area contributed by atoms with Gasteiger partial charge >= 0.3 is 0 Å². The van der Waals surface area contributed by atoms with E-state index in [9.17, 15) is 4.79 Å². The average Bonchev–Trinajstić information content (AvgIpc) is 2.54. The van der Waals surface area contributed by atoms with Crippen LogP contribution in [-0.4, -0.2) is 15.9 Å². The molecule has 3 rings (SSSR count). The molecule has 0 saturated carbocycles. The number of aromatic nitrogens is 2. The zero-order valence-corrected chi connectivity index (χ0v) is 12.4. The van der Waals surface area contributed by atoms with Gasteiger partial charge in [0.1, 0.15) is 5.69 Å². The topological polar surface area (TPSA) is 68.9 Å². The number of nitrogens with two attached hydrogens (primary N) is 1. The van der Waals surface area contributed by atoms with E-state index in [0.29, 0.717) is 17.6 Å². The molecular weight excluding hydrogens is 274 g/mol. The number of carbonyl (C=O) groups is 1. The molecule has 0 fully saturated rings. The second-order valence-electron chi connectivity index (χ2n) is 5.39. The van der Waals surface area contributed by atoms with Crippen LogP contribution >= 0.6 is 0 Å². The van der Waals surface area contributed by atoms with E-state index in [1.54, 1.807) is 0 Å². The van der Waals surface area contributed by atoms with Gasteiger partial charge < -0.3 is 5.73 Å². The first kappa shape index (κ1) is 14.2. The molecular formula is C18H17N3O. The number of primary amides is 1. The van der Waals surface area contributed by atoms with E-state index in [4.69, 9.17) is 5.73 Å². The Morgan fingerprint density at radius 2 is 1.59 bits per heavy atom. The number of nitrogens with zero attached hydrogens (tertiary/aromatic N) is 2. The lowest BCUT2D eigenvalue weighted by Crippen LogP contribution is -2.18. The van der Waals surface area contributed by atoms with Gasteiger partial charge in [-0.25, -0.2) is 9.97 Å². The summed E-state index contributed by atoms with van der Waals surface area (Å²) in [6.45, 7) is 2.11. The average molecular weight is 291 g/mol. The predicted molar refractivity (Wildman–Crippen MR) is 86.6 cm³/mol. The van der Waals surface area contributed by atoms with Gasteiger partial charge in [0.15, 0.2) is 0 Å². The number of benzene rings is 2. The SMILES string of the molecule is C[C@@H](Cc1nc2ccccc2nc1C(N)=O)c1ccccc1. The summed E-state index contributed by atoms with van der Waals surface area (Å²) < 4.78 is 0. The van der Waals surface area contributed by atoms with Gasteiger partial charge in [0.05, 0.1) is 16.7 Å². The highest BCUT2D eigenvalue weighted by molar-refractivity contribution is 5.94. The number of fused-ring (bicyclic) bond motifs is 1. The van der Waals surface area contributed by atoms with Crippen molar-refractivity contribution in [3.8, 4) is 0 Å². The fourth-order valence-corrected chi connectivity index (χ4v) is 2.57. The van der Waals surface area contributed by atoms with Crippen molar-refractivity contribution < 1.29 is 4.79 Å². The highest BCUT2D eigenvalue weighted by atomic mass is 16.1. The summed E-state index contributed by atoms with van der Waals surface area (Å²) >= 11 is 0. The lowest BCUT2D eigenvalue weighted by atomic mass is 9.95. The molecule has 1 atom stereocenters. The number of hydrogen-bond donors (Lipinski definition) is 1. The Morgan fingerprint density at radius 3 is 2.23 bits per heavy atom. The molecule has 4 nitrogen and oxygen atoms in total. The summed E-state index contributed by atoms with van der Waals surface area (Å²) in [6.07, 6.45) is 0.625. The monoisotopic (exact) mass is 291 g/mol. The highest BCUT2D eigenvalue weighted by Gasteiger charge is 2.17. The van der Waals surface area contributed by atoms with Crippen LogP contribution in [0.15, 0.2) is 54.6 Å². The minimum absolute atomic E-state index is 0.231.